The average Bonchev–Trinajstić information content (AvgIpc) is 3.36. The Morgan fingerprint density at radius 2 is 1.77 bits per heavy atom. The van der Waals surface area contributed by atoms with Crippen molar-refractivity contribution >= 4 is 57.4 Å². The summed E-state index contributed by atoms with van der Waals surface area (Å²) in [5.74, 6) is -0.788. The van der Waals surface area contributed by atoms with Gasteiger partial charge in [0.2, 0.25) is 11.8 Å². The molecule has 40 heavy (non-hydrogen) atoms. The van der Waals surface area contributed by atoms with E-state index in [1.165, 1.54) is 27.9 Å². The summed E-state index contributed by atoms with van der Waals surface area (Å²) in [4.78, 5) is 46.7. The largest absolute Gasteiger partial charge is 0.353 e. The molecular weight excluding hydrogens is 569 g/mol. The summed E-state index contributed by atoms with van der Waals surface area (Å²) in [6, 6.07) is 14.9. The smallest absolute Gasteiger partial charge is 0.254 e. The van der Waals surface area contributed by atoms with Crippen molar-refractivity contribution in [2.45, 2.75) is 51.7 Å². The highest BCUT2D eigenvalue weighted by Gasteiger charge is 2.24. The van der Waals surface area contributed by atoms with Crippen LogP contribution in [0.1, 0.15) is 48.3 Å². The third-order valence-corrected chi connectivity index (χ3v) is 8.25. The Morgan fingerprint density at radius 3 is 2.45 bits per heavy atom. The van der Waals surface area contributed by atoms with E-state index in [0.29, 0.717) is 21.4 Å². The molecule has 3 aromatic rings. The van der Waals surface area contributed by atoms with Gasteiger partial charge in [0.1, 0.15) is 6.54 Å². The molecular formula is C29H33Cl2N5O3S. The normalized spacial score (nSPS) is 14.2. The summed E-state index contributed by atoms with van der Waals surface area (Å²) in [6.07, 6.45) is 1.96. The first-order valence-corrected chi connectivity index (χ1v) is 14.9. The molecule has 2 aromatic carbocycles. The summed E-state index contributed by atoms with van der Waals surface area (Å²) in [5.41, 5.74) is 2.23. The fourth-order valence-electron chi connectivity index (χ4n) is 4.56. The van der Waals surface area contributed by atoms with Crippen LogP contribution < -0.4 is 10.6 Å². The number of thiazole rings is 1. The number of likely N-dealkylation sites (tertiary alicyclic amines) is 1. The van der Waals surface area contributed by atoms with Gasteiger partial charge < -0.3 is 15.5 Å². The number of nitrogens with one attached hydrogen (secondary N) is 2. The number of amides is 3. The second-order valence-corrected chi connectivity index (χ2v) is 11.8. The first kappa shape index (κ1) is 30.0. The zero-order valence-electron chi connectivity index (χ0n) is 22.5. The number of halogens is 2. The van der Waals surface area contributed by atoms with Gasteiger partial charge in [0.15, 0.2) is 5.13 Å². The Morgan fingerprint density at radius 1 is 1.05 bits per heavy atom. The molecule has 1 saturated heterocycles. The minimum atomic E-state index is -0.380. The van der Waals surface area contributed by atoms with Crippen molar-refractivity contribution < 1.29 is 14.4 Å². The summed E-state index contributed by atoms with van der Waals surface area (Å²) in [7, 11) is 0. The minimum absolute atomic E-state index is 0.0807. The van der Waals surface area contributed by atoms with E-state index in [1.54, 1.807) is 17.5 Å². The van der Waals surface area contributed by atoms with Gasteiger partial charge in [-0.1, -0.05) is 53.5 Å². The van der Waals surface area contributed by atoms with Gasteiger partial charge in [0.25, 0.3) is 5.91 Å². The lowest BCUT2D eigenvalue weighted by atomic mass is 10.0. The standard InChI is InChI=1S/C29H33Cl2N5O3S/c1-19(2)36(28(39)21-8-9-24(30)25(31)14-21)17-27(38)34-29-33-23(18-40-29)15-26(37)32-22-10-12-35(13-11-22)16-20-6-4-3-5-7-20/h3-9,14,18-19,22H,10-13,15-17H2,1-2H3,(H,32,37)(H,33,34,38). The number of rotatable bonds is 10. The highest BCUT2D eigenvalue weighted by molar-refractivity contribution is 7.13. The maximum Gasteiger partial charge on any atom is 0.254 e. The van der Waals surface area contributed by atoms with Gasteiger partial charge in [-0.3, -0.25) is 19.3 Å². The fraction of sp³-hybridized carbons (Fsp3) is 0.379. The lowest BCUT2D eigenvalue weighted by Gasteiger charge is -2.32. The van der Waals surface area contributed by atoms with Crippen LogP contribution in [0.15, 0.2) is 53.9 Å². The molecule has 1 fully saturated rings. The number of carbonyl (C=O) groups is 3. The van der Waals surface area contributed by atoms with Crippen molar-refractivity contribution in [2.24, 2.45) is 0 Å². The van der Waals surface area contributed by atoms with Crippen LogP contribution in [0.2, 0.25) is 10.0 Å². The van der Waals surface area contributed by atoms with Gasteiger partial charge in [-0.2, -0.15) is 0 Å². The second kappa shape index (κ2) is 14.1. The molecule has 4 rings (SSSR count). The first-order chi connectivity index (χ1) is 19.2. The molecule has 1 aromatic heterocycles. The van der Waals surface area contributed by atoms with Crippen LogP contribution >= 0.6 is 34.5 Å². The van der Waals surface area contributed by atoms with Crippen molar-refractivity contribution in [3.8, 4) is 0 Å². The molecule has 11 heteroatoms. The third kappa shape index (κ3) is 8.51. The molecule has 0 radical (unpaired) electrons. The molecule has 0 saturated carbocycles. The third-order valence-electron chi connectivity index (χ3n) is 6.71. The van der Waals surface area contributed by atoms with Crippen LogP contribution in [0.3, 0.4) is 0 Å². The maximum atomic E-state index is 13.0. The van der Waals surface area contributed by atoms with Crippen molar-refractivity contribution in [2.75, 3.05) is 25.0 Å². The van der Waals surface area contributed by atoms with Gasteiger partial charge >= 0.3 is 0 Å². The Labute approximate surface area is 248 Å². The monoisotopic (exact) mass is 601 g/mol. The van der Waals surface area contributed by atoms with E-state index in [-0.39, 0.29) is 47.8 Å². The predicted octanol–water partition coefficient (Wildman–Crippen LogP) is 5.26. The number of anilines is 1. The molecule has 1 aliphatic heterocycles. The first-order valence-electron chi connectivity index (χ1n) is 13.2. The summed E-state index contributed by atoms with van der Waals surface area (Å²) >= 11 is 13.3. The number of hydrogen-bond donors (Lipinski definition) is 2. The molecule has 212 valence electrons. The Bertz CT molecular complexity index is 1330. The molecule has 8 nitrogen and oxygen atoms in total. The molecule has 0 spiro atoms. The van der Waals surface area contributed by atoms with Crippen molar-refractivity contribution in [3.05, 3.63) is 80.8 Å². The Kier molecular flexibility index (Phi) is 10.6. The molecule has 1 aliphatic rings. The fourth-order valence-corrected chi connectivity index (χ4v) is 5.59. The molecule has 0 aliphatic carbocycles. The van der Waals surface area contributed by atoms with Crippen LogP contribution in [-0.4, -0.2) is 64.2 Å². The topological polar surface area (TPSA) is 94.6 Å². The van der Waals surface area contributed by atoms with Crippen LogP contribution in [-0.2, 0) is 22.6 Å². The number of hydrogen-bond acceptors (Lipinski definition) is 6. The van der Waals surface area contributed by atoms with E-state index >= 15 is 0 Å². The quantitative estimate of drug-likeness (QED) is 0.330. The van der Waals surface area contributed by atoms with Crippen LogP contribution in [0.4, 0.5) is 5.13 Å². The highest BCUT2D eigenvalue weighted by Crippen LogP contribution is 2.24. The summed E-state index contributed by atoms with van der Waals surface area (Å²) in [5, 5.41) is 8.64. The van der Waals surface area contributed by atoms with Crippen molar-refractivity contribution in [1.29, 1.82) is 0 Å². The maximum absolute atomic E-state index is 13.0. The van der Waals surface area contributed by atoms with Gasteiger partial charge in [0, 0.05) is 42.7 Å². The zero-order chi connectivity index (χ0) is 28.6. The van der Waals surface area contributed by atoms with E-state index in [0.717, 1.165) is 32.5 Å². The zero-order valence-corrected chi connectivity index (χ0v) is 24.9. The number of carbonyl (C=O) groups excluding carboxylic acids is 3. The predicted molar refractivity (Wildman–Crippen MR) is 160 cm³/mol. The average molecular weight is 603 g/mol. The second-order valence-electron chi connectivity index (χ2n) is 10.1. The van der Waals surface area contributed by atoms with Crippen molar-refractivity contribution in [3.63, 3.8) is 0 Å². The van der Waals surface area contributed by atoms with E-state index in [1.807, 2.05) is 19.9 Å². The van der Waals surface area contributed by atoms with Gasteiger partial charge in [-0.15, -0.1) is 11.3 Å². The number of benzene rings is 2. The summed E-state index contributed by atoms with van der Waals surface area (Å²) in [6.45, 7) is 6.30. The number of aromatic nitrogens is 1. The Hall–Kier alpha value is -2.98. The highest BCUT2D eigenvalue weighted by atomic mass is 35.5. The van der Waals surface area contributed by atoms with Crippen LogP contribution in [0.25, 0.3) is 0 Å². The lowest BCUT2D eigenvalue weighted by molar-refractivity contribution is -0.121. The van der Waals surface area contributed by atoms with Gasteiger partial charge in [-0.25, -0.2) is 4.98 Å². The van der Waals surface area contributed by atoms with Crippen molar-refractivity contribution in [1.82, 2.24) is 20.1 Å². The summed E-state index contributed by atoms with van der Waals surface area (Å²) < 4.78 is 0. The number of piperidine rings is 1. The van der Waals surface area contributed by atoms with Gasteiger partial charge in [0.05, 0.1) is 22.2 Å². The van der Waals surface area contributed by atoms with E-state index < -0.39 is 0 Å². The minimum Gasteiger partial charge on any atom is -0.353 e. The molecule has 0 bridgehead atoms. The van der Waals surface area contributed by atoms with Gasteiger partial charge in [-0.05, 0) is 50.5 Å². The van der Waals surface area contributed by atoms with E-state index in [9.17, 15) is 14.4 Å². The molecule has 2 N–H and O–H groups in total. The molecule has 0 atom stereocenters. The SMILES string of the molecule is CC(C)N(CC(=O)Nc1nc(CC(=O)NC2CCN(Cc3ccccc3)CC2)cs1)C(=O)c1ccc(Cl)c(Cl)c1. The van der Waals surface area contributed by atoms with E-state index in [4.69, 9.17) is 23.2 Å². The lowest BCUT2D eigenvalue weighted by Crippen LogP contribution is -2.44. The molecule has 2 heterocycles. The van der Waals surface area contributed by atoms with Crippen LogP contribution in [0, 0.1) is 0 Å². The van der Waals surface area contributed by atoms with E-state index in [2.05, 4.69) is 44.8 Å². The molecule has 0 unspecified atom stereocenters. The molecule has 3 amide bonds. The Balaban J connectivity index is 1.23. The van der Waals surface area contributed by atoms with Crippen LogP contribution in [0.5, 0.6) is 0 Å². The number of nitrogens with zero attached hydrogens (tertiary/aromatic N) is 3.